The Bertz CT molecular complexity index is 330. The second-order valence-electron chi connectivity index (χ2n) is 8.25. The maximum Gasteiger partial charge on any atom is 0.320 e. The van der Waals surface area contributed by atoms with E-state index in [-0.39, 0.29) is 0 Å². The van der Waals surface area contributed by atoms with E-state index in [4.69, 9.17) is 0 Å². The van der Waals surface area contributed by atoms with Crippen LogP contribution in [0.25, 0.3) is 0 Å². The fraction of sp³-hybridized carbons (Fsp3) is 0.917. The van der Waals surface area contributed by atoms with Crippen LogP contribution in [0.2, 0.25) is 58.9 Å². The van der Waals surface area contributed by atoms with Crippen molar-refractivity contribution < 1.29 is 9.90 Å². The van der Waals surface area contributed by atoms with Crippen molar-refractivity contribution in [2.24, 2.45) is 0 Å². The molecular formula is C12H31NO2SSi3. The Labute approximate surface area is 127 Å². The topological polar surface area (TPSA) is 40.5 Å². The first-order chi connectivity index (χ1) is 8.12. The summed E-state index contributed by atoms with van der Waals surface area (Å²) in [5.41, 5.74) is 0. The summed E-state index contributed by atoms with van der Waals surface area (Å²) in [6.45, 7) is 20.0. The molecule has 0 saturated carbocycles. The van der Waals surface area contributed by atoms with Gasteiger partial charge in [0.05, 0.1) is 8.07 Å². The molecule has 0 saturated heterocycles. The zero-order valence-corrected chi connectivity index (χ0v) is 17.9. The summed E-state index contributed by atoms with van der Waals surface area (Å²) in [7, 11) is -5.47. The van der Waals surface area contributed by atoms with Gasteiger partial charge >= 0.3 is 5.97 Å². The summed E-state index contributed by atoms with van der Waals surface area (Å²) in [5.74, 6) is -0.265. The van der Waals surface area contributed by atoms with Gasteiger partial charge in [0.25, 0.3) is 0 Å². The maximum absolute atomic E-state index is 12.2. The van der Waals surface area contributed by atoms with E-state index >= 15 is 0 Å². The number of rotatable bonds is 6. The standard InChI is InChI=1S/C12H31NO2SSi3/c1-17(2,3)12(10-16,11(14)15)13(18(4,5)6)19(7,8)9/h16H,10H2,1-9H3,(H,14,15)/t12-/m1/s1. The number of thiol groups is 1. The highest BCUT2D eigenvalue weighted by molar-refractivity contribution is 7.80. The smallest absolute Gasteiger partial charge is 0.320 e. The predicted octanol–water partition coefficient (Wildman–Crippen LogP) is 3.59. The lowest BCUT2D eigenvalue weighted by Gasteiger charge is -2.58. The third kappa shape index (κ3) is 3.75. The molecule has 0 aliphatic rings. The fourth-order valence-corrected chi connectivity index (χ4v) is 21.7. The lowest BCUT2D eigenvalue weighted by Crippen LogP contribution is -2.80. The lowest BCUT2D eigenvalue weighted by molar-refractivity contribution is -0.142. The molecule has 0 aromatic rings. The van der Waals surface area contributed by atoms with Gasteiger partial charge in [0.15, 0.2) is 0 Å². The van der Waals surface area contributed by atoms with Crippen LogP contribution in [0.3, 0.4) is 0 Å². The molecule has 0 amide bonds. The average Bonchev–Trinajstić information content (AvgIpc) is 2.06. The number of carboxylic acids is 1. The highest BCUT2D eigenvalue weighted by atomic mass is 32.1. The largest absolute Gasteiger partial charge is 0.480 e. The number of aliphatic carboxylic acids is 1. The number of nitrogens with zero attached hydrogens (tertiary/aromatic N) is 1. The van der Waals surface area contributed by atoms with E-state index in [1.807, 2.05) is 0 Å². The van der Waals surface area contributed by atoms with Crippen LogP contribution in [0.15, 0.2) is 0 Å². The van der Waals surface area contributed by atoms with Gasteiger partial charge in [-0.3, -0.25) is 4.79 Å². The van der Waals surface area contributed by atoms with E-state index in [1.165, 1.54) is 0 Å². The van der Waals surface area contributed by atoms with Crippen LogP contribution in [0.1, 0.15) is 0 Å². The molecule has 7 heteroatoms. The Morgan fingerprint density at radius 3 is 1.37 bits per heavy atom. The van der Waals surface area contributed by atoms with Gasteiger partial charge in [-0.05, 0) is 0 Å². The van der Waals surface area contributed by atoms with Gasteiger partial charge in [-0.25, -0.2) is 0 Å². The normalized spacial score (nSPS) is 17.4. The first-order valence-electron chi connectivity index (χ1n) is 6.77. The van der Waals surface area contributed by atoms with E-state index in [0.717, 1.165) is 0 Å². The molecule has 0 aromatic heterocycles. The number of hydrogen-bond acceptors (Lipinski definition) is 3. The lowest BCUT2D eigenvalue weighted by atomic mass is 10.3. The quantitative estimate of drug-likeness (QED) is 0.575. The maximum atomic E-state index is 12.2. The van der Waals surface area contributed by atoms with Crippen LogP contribution in [0, 0.1) is 0 Å². The van der Waals surface area contributed by atoms with Crippen LogP contribution >= 0.6 is 12.6 Å². The summed E-state index contributed by atoms with van der Waals surface area (Å²) in [5, 5.41) is 9.29. The minimum absolute atomic E-state index is 0.409. The molecule has 0 unspecified atom stereocenters. The molecule has 3 nitrogen and oxygen atoms in total. The molecule has 1 atom stereocenters. The molecule has 1 N–H and O–H groups in total. The summed E-state index contributed by atoms with van der Waals surface area (Å²) >= 11 is 4.49. The monoisotopic (exact) mass is 337 g/mol. The zero-order valence-electron chi connectivity index (χ0n) is 14.0. The summed E-state index contributed by atoms with van der Waals surface area (Å²) in [6, 6.07) is 0. The number of hydrogen-bond donors (Lipinski definition) is 2. The van der Waals surface area contributed by atoms with Crippen molar-refractivity contribution in [3.63, 3.8) is 0 Å². The number of carbonyl (C=O) groups is 1. The van der Waals surface area contributed by atoms with Gasteiger partial charge in [0.1, 0.15) is 21.6 Å². The molecule has 0 aromatic carbocycles. The Balaban J connectivity index is 6.32. The third-order valence-corrected chi connectivity index (χ3v) is 15.3. The SMILES string of the molecule is C[Si](C)(C)N([C@@](CS)(C(=O)O)[Si](C)(C)C)[Si](C)(C)C. The van der Waals surface area contributed by atoms with E-state index in [9.17, 15) is 9.90 Å². The molecule has 0 radical (unpaired) electrons. The van der Waals surface area contributed by atoms with Crippen molar-refractivity contribution in [1.82, 2.24) is 4.23 Å². The van der Waals surface area contributed by atoms with E-state index in [0.29, 0.717) is 5.75 Å². The Hall–Kier alpha value is 0.431. The molecule has 0 bridgehead atoms. The number of carboxylic acid groups (broad SMARTS) is 1. The summed E-state index contributed by atoms with van der Waals surface area (Å²) in [4.78, 5) is 12.2. The van der Waals surface area contributed by atoms with Crippen LogP contribution in [-0.2, 0) is 4.79 Å². The van der Waals surface area contributed by atoms with Gasteiger partial charge in [-0.2, -0.15) is 12.6 Å². The van der Waals surface area contributed by atoms with Crippen LogP contribution in [0.4, 0.5) is 0 Å². The fourth-order valence-electron chi connectivity index (χ4n) is 3.28. The van der Waals surface area contributed by atoms with Gasteiger partial charge < -0.3 is 9.34 Å². The van der Waals surface area contributed by atoms with E-state index in [2.05, 4.69) is 75.8 Å². The van der Waals surface area contributed by atoms with Crippen molar-refractivity contribution in [1.29, 1.82) is 0 Å². The second-order valence-corrected chi connectivity index (χ2v) is 23.9. The average molecular weight is 338 g/mol. The highest BCUT2D eigenvalue weighted by Gasteiger charge is 2.59. The predicted molar refractivity (Wildman–Crippen MR) is 96.1 cm³/mol. The van der Waals surface area contributed by atoms with Crippen molar-refractivity contribution >= 4 is 43.1 Å². The zero-order chi connectivity index (χ0) is 15.9. The van der Waals surface area contributed by atoms with Gasteiger partial charge in [0.2, 0.25) is 0 Å². The third-order valence-electron chi connectivity index (χ3n) is 3.55. The van der Waals surface area contributed by atoms with E-state index < -0.39 is 35.7 Å². The molecule has 19 heavy (non-hydrogen) atoms. The van der Waals surface area contributed by atoms with Crippen LogP contribution in [0.5, 0.6) is 0 Å². The molecular weight excluding hydrogens is 306 g/mol. The van der Waals surface area contributed by atoms with Crippen LogP contribution in [-0.4, -0.2) is 50.8 Å². The molecule has 0 rings (SSSR count). The van der Waals surface area contributed by atoms with Crippen molar-refractivity contribution in [3.05, 3.63) is 0 Å². The van der Waals surface area contributed by atoms with Gasteiger partial charge in [0, 0.05) is 5.75 Å². The molecule has 0 aliphatic heterocycles. The van der Waals surface area contributed by atoms with Crippen molar-refractivity contribution in [2.75, 3.05) is 5.75 Å². The van der Waals surface area contributed by atoms with E-state index in [1.54, 1.807) is 0 Å². The molecule has 0 aliphatic carbocycles. The van der Waals surface area contributed by atoms with Crippen molar-refractivity contribution in [2.45, 2.75) is 64.1 Å². The van der Waals surface area contributed by atoms with Gasteiger partial charge in [-0.15, -0.1) is 0 Å². The van der Waals surface area contributed by atoms with Crippen LogP contribution < -0.4 is 0 Å². The summed E-state index contributed by atoms with van der Waals surface area (Å²) < 4.78 is 2.44. The summed E-state index contributed by atoms with van der Waals surface area (Å²) in [6.07, 6.45) is 0. The minimum atomic E-state index is -1.96. The Morgan fingerprint density at radius 1 is 1.00 bits per heavy atom. The highest BCUT2D eigenvalue weighted by Crippen LogP contribution is 2.37. The van der Waals surface area contributed by atoms with Crippen molar-refractivity contribution in [3.8, 4) is 0 Å². The minimum Gasteiger partial charge on any atom is -0.480 e. The molecule has 0 spiro atoms. The first kappa shape index (κ1) is 19.4. The Kier molecular flexibility index (Phi) is 5.80. The molecule has 0 heterocycles. The molecule has 114 valence electrons. The Morgan fingerprint density at radius 2 is 1.32 bits per heavy atom. The first-order valence-corrected chi connectivity index (χ1v) is 17.8. The van der Waals surface area contributed by atoms with Gasteiger partial charge in [-0.1, -0.05) is 58.9 Å². The molecule has 0 fully saturated rings. The second kappa shape index (κ2) is 5.67.